The quantitative estimate of drug-likeness (QED) is 0.336. The Morgan fingerprint density at radius 2 is 1.73 bits per heavy atom. The lowest BCUT2D eigenvalue weighted by molar-refractivity contribution is -0.106. The van der Waals surface area contributed by atoms with Crippen LogP contribution in [0.4, 0.5) is 11.5 Å². The number of pyridine rings is 1. The Balaban J connectivity index is 1.30. The van der Waals surface area contributed by atoms with Gasteiger partial charge in [-0.15, -0.1) is 10.2 Å². The van der Waals surface area contributed by atoms with Crippen molar-refractivity contribution in [2.45, 2.75) is 42.9 Å². The average molecular weight is 494 g/mol. The standard InChI is InChI=1S/C28H27N7O2/c29-24(36)26-34-33-21-13-12-20-25(35(21)26)32-23(16-4-2-1-3-5-16)22(31-20)17-6-8-18(9-7-17)27(30)14-28(37,15-27)19-10-11-19/h1-9,12-13,19,23,32,37H,10-11,14-15,30H2,(H2,29,36). The summed E-state index contributed by atoms with van der Waals surface area (Å²) in [7, 11) is 0. The van der Waals surface area contributed by atoms with E-state index in [1.165, 1.54) is 0 Å². The lowest BCUT2D eigenvalue weighted by atomic mass is 9.60. The summed E-state index contributed by atoms with van der Waals surface area (Å²) >= 11 is 0. The molecule has 0 radical (unpaired) electrons. The SMILES string of the molecule is NC(=O)c1nnc2ccc3c(n12)NC(c1ccccc1)C(c1ccc(C2(N)CC(O)(C4CC4)C2)cc1)=N3. The van der Waals surface area contributed by atoms with Crippen LogP contribution in [0, 0.1) is 5.92 Å². The second-order valence-corrected chi connectivity index (χ2v) is 10.6. The molecule has 0 spiro atoms. The molecule has 0 bridgehead atoms. The maximum absolute atomic E-state index is 12.0. The molecular formula is C28H27N7O2. The zero-order valence-electron chi connectivity index (χ0n) is 20.1. The van der Waals surface area contributed by atoms with Crippen molar-refractivity contribution in [2.24, 2.45) is 22.4 Å². The summed E-state index contributed by atoms with van der Waals surface area (Å²) in [4.78, 5) is 17.1. The highest BCUT2D eigenvalue weighted by molar-refractivity contribution is 6.10. The second kappa shape index (κ2) is 7.71. The van der Waals surface area contributed by atoms with Gasteiger partial charge >= 0.3 is 0 Å². The number of aliphatic hydroxyl groups is 1. The number of benzene rings is 2. The highest BCUT2D eigenvalue weighted by Gasteiger charge is 2.58. The van der Waals surface area contributed by atoms with Gasteiger partial charge in [0.25, 0.3) is 5.91 Å². The van der Waals surface area contributed by atoms with Crippen LogP contribution in [0.15, 0.2) is 71.7 Å². The molecule has 37 heavy (non-hydrogen) atoms. The molecule has 1 atom stereocenters. The van der Waals surface area contributed by atoms with E-state index in [0.717, 1.165) is 35.2 Å². The summed E-state index contributed by atoms with van der Waals surface area (Å²) in [5.41, 5.74) is 16.2. The lowest BCUT2D eigenvalue weighted by Crippen LogP contribution is -2.60. The molecule has 2 aromatic heterocycles. The smallest absolute Gasteiger partial charge is 0.287 e. The first-order valence-corrected chi connectivity index (χ1v) is 12.5. The van der Waals surface area contributed by atoms with Crippen LogP contribution in [0.1, 0.15) is 59.0 Å². The van der Waals surface area contributed by atoms with E-state index in [1.54, 1.807) is 10.5 Å². The maximum Gasteiger partial charge on any atom is 0.287 e. The van der Waals surface area contributed by atoms with Gasteiger partial charge in [0.1, 0.15) is 11.5 Å². The number of nitrogens with zero attached hydrogens (tertiary/aromatic N) is 4. The summed E-state index contributed by atoms with van der Waals surface area (Å²) in [5, 5.41) is 22.5. The molecule has 2 aromatic carbocycles. The van der Waals surface area contributed by atoms with E-state index in [0.29, 0.717) is 35.9 Å². The Morgan fingerprint density at radius 1 is 1.00 bits per heavy atom. The predicted molar refractivity (Wildman–Crippen MR) is 140 cm³/mol. The molecule has 6 N–H and O–H groups in total. The van der Waals surface area contributed by atoms with Crippen molar-refractivity contribution in [2.75, 3.05) is 5.32 Å². The Kier molecular flexibility index (Phi) is 4.61. The van der Waals surface area contributed by atoms with Gasteiger partial charge in [0, 0.05) is 5.54 Å². The number of nitrogens with two attached hydrogens (primary N) is 2. The van der Waals surface area contributed by atoms with Gasteiger partial charge in [0.05, 0.1) is 17.4 Å². The van der Waals surface area contributed by atoms with Crippen molar-refractivity contribution in [3.8, 4) is 0 Å². The summed E-state index contributed by atoms with van der Waals surface area (Å²) in [6.45, 7) is 0. The average Bonchev–Trinajstić information content (AvgIpc) is 3.66. The zero-order chi connectivity index (χ0) is 25.4. The molecule has 9 nitrogen and oxygen atoms in total. The first kappa shape index (κ1) is 22.1. The second-order valence-electron chi connectivity index (χ2n) is 10.6. The molecule has 1 unspecified atom stereocenters. The number of primary amides is 1. The van der Waals surface area contributed by atoms with Crippen LogP contribution in [0.2, 0.25) is 0 Å². The molecule has 7 rings (SSSR count). The molecule has 2 fully saturated rings. The number of rotatable bonds is 5. The molecule has 4 aromatic rings. The van der Waals surface area contributed by atoms with Gasteiger partial charge in [-0.05, 0) is 60.4 Å². The minimum atomic E-state index is -0.662. The molecule has 3 heterocycles. The molecule has 2 saturated carbocycles. The topological polar surface area (TPSA) is 144 Å². The molecular weight excluding hydrogens is 466 g/mol. The van der Waals surface area contributed by atoms with E-state index in [9.17, 15) is 9.90 Å². The number of amides is 1. The van der Waals surface area contributed by atoms with E-state index in [-0.39, 0.29) is 11.9 Å². The Hall–Kier alpha value is -4.08. The largest absolute Gasteiger partial charge is 0.389 e. The van der Waals surface area contributed by atoms with Crippen LogP contribution in [-0.2, 0) is 5.54 Å². The van der Waals surface area contributed by atoms with Gasteiger partial charge < -0.3 is 21.9 Å². The van der Waals surface area contributed by atoms with Gasteiger partial charge in [-0.1, -0.05) is 54.6 Å². The van der Waals surface area contributed by atoms with Gasteiger partial charge in [-0.25, -0.2) is 4.99 Å². The fraction of sp³-hybridized carbons (Fsp3) is 0.286. The molecule has 9 heteroatoms. The summed E-state index contributed by atoms with van der Waals surface area (Å²) in [6, 6.07) is 21.5. The number of aromatic nitrogens is 3. The summed E-state index contributed by atoms with van der Waals surface area (Å²) < 4.78 is 1.62. The number of hydrogen-bond donors (Lipinski definition) is 4. The molecule has 2 aliphatic carbocycles. The Bertz CT molecular complexity index is 1570. The predicted octanol–water partition coefficient (Wildman–Crippen LogP) is 3.20. The Morgan fingerprint density at radius 3 is 2.41 bits per heavy atom. The third-order valence-corrected chi connectivity index (χ3v) is 8.03. The van der Waals surface area contributed by atoms with Crippen LogP contribution >= 0.6 is 0 Å². The molecule has 1 aliphatic heterocycles. The lowest BCUT2D eigenvalue weighted by Gasteiger charge is -2.52. The van der Waals surface area contributed by atoms with Crippen molar-refractivity contribution >= 4 is 28.8 Å². The number of carbonyl (C=O) groups is 1. The highest BCUT2D eigenvalue weighted by atomic mass is 16.3. The van der Waals surface area contributed by atoms with Crippen molar-refractivity contribution < 1.29 is 9.90 Å². The van der Waals surface area contributed by atoms with Crippen LogP contribution in [-0.4, -0.2) is 36.9 Å². The number of carbonyl (C=O) groups excluding carboxylic acids is 1. The van der Waals surface area contributed by atoms with Crippen molar-refractivity contribution in [3.05, 3.63) is 89.2 Å². The van der Waals surface area contributed by atoms with Gasteiger partial charge in [-0.2, -0.15) is 0 Å². The first-order valence-electron chi connectivity index (χ1n) is 12.5. The normalized spacial score (nSPS) is 26.6. The molecule has 3 aliphatic rings. The zero-order valence-corrected chi connectivity index (χ0v) is 20.1. The molecule has 0 saturated heterocycles. The maximum atomic E-state index is 12.0. The van der Waals surface area contributed by atoms with Crippen molar-refractivity contribution in [1.29, 1.82) is 0 Å². The minimum Gasteiger partial charge on any atom is -0.389 e. The Labute approximate surface area is 213 Å². The minimum absolute atomic E-state index is 0.0501. The number of nitrogens with one attached hydrogen (secondary N) is 1. The summed E-state index contributed by atoms with van der Waals surface area (Å²) in [5.74, 6) is 0.406. The van der Waals surface area contributed by atoms with Gasteiger partial charge in [0.15, 0.2) is 5.65 Å². The van der Waals surface area contributed by atoms with Crippen LogP contribution < -0.4 is 16.8 Å². The monoisotopic (exact) mass is 493 g/mol. The summed E-state index contributed by atoms with van der Waals surface area (Å²) in [6.07, 6.45) is 3.40. The van der Waals surface area contributed by atoms with Crippen molar-refractivity contribution in [3.63, 3.8) is 0 Å². The van der Waals surface area contributed by atoms with Crippen LogP contribution in [0.25, 0.3) is 5.65 Å². The third-order valence-electron chi connectivity index (χ3n) is 8.03. The fourth-order valence-electron chi connectivity index (χ4n) is 6.00. The number of hydrogen-bond acceptors (Lipinski definition) is 7. The third kappa shape index (κ3) is 3.46. The number of anilines is 1. The molecule has 186 valence electrons. The van der Waals surface area contributed by atoms with E-state index >= 15 is 0 Å². The van der Waals surface area contributed by atoms with E-state index < -0.39 is 17.0 Å². The van der Waals surface area contributed by atoms with E-state index in [4.69, 9.17) is 16.5 Å². The fourth-order valence-corrected chi connectivity index (χ4v) is 6.00. The van der Waals surface area contributed by atoms with E-state index in [1.807, 2.05) is 48.5 Å². The van der Waals surface area contributed by atoms with Crippen LogP contribution in [0.3, 0.4) is 0 Å². The first-order chi connectivity index (χ1) is 17.8. The highest BCUT2D eigenvalue weighted by Crippen LogP contribution is 2.57. The number of fused-ring (bicyclic) bond motifs is 3. The molecule has 1 amide bonds. The van der Waals surface area contributed by atoms with Crippen molar-refractivity contribution in [1.82, 2.24) is 14.6 Å². The van der Waals surface area contributed by atoms with Gasteiger partial charge in [0.2, 0.25) is 5.82 Å². The van der Waals surface area contributed by atoms with Crippen LogP contribution in [0.5, 0.6) is 0 Å². The van der Waals surface area contributed by atoms with Gasteiger partial charge in [-0.3, -0.25) is 9.20 Å². The number of aliphatic imine (C=N–C) groups is 1. The van der Waals surface area contributed by atoms with E-state index in [2.05, 4.69) is 27.6 Å².